The molecule has 0 aromatic heterocycles. The molecule has 3 heteroatoms. The highest BCUT2D eigenvalue weighted by Gasteiger charge is 2.44. The SMILES string of the molecule is CC.CC.CC(=O)NCCN1CCC2(CC1)c1ccccc1-c1ccccc12. The predicted octanol–water partition coefficient (Wildman–Crippen LogP) is 5.24. The summed E-state index contributed by atoms with van der Waals surface area (Å²) >= 11 is 0. The molecule has 1 spiro atoms. The number of hydrogen-bond acceptors (Lipinski definition) is 2. The smallest absolute Gasteiger partial charge is 0.216 e. The molecule has 1 fully saturated rings. The fourth-order valence-corrected chi connectivity index (χ4v) is 4.50. The van der Waals surface area contributed by atoms with Gasteiger partial charge in [0.05, 0.1) is 0 Å². The lowest BCUT2D eigenvalue weighted by Gasteiger charge is -2.41. The minimum absolute atomic E-state index is 0.0575. The van der Waals surface area contributed by atoms with Gasteiger partial charge in [-0.25, -0.2) is 0 Å². The third kappa shape index (κ3) is 4.30. The second-order valence-corrected chi connectivity index (χ2v) is 7.00. The molecule has 4 rings (SSSR count). The van der Waals surface area contributed by atoms with Crippen molar-refractivity contribution in [2.24, 2.45) is 0 Å². The molecule has 0 bridgehead atoms. The number of amides is 1. The minimum atomic E-state index is 0.0575. The van der Waals surface area contributed by atoms with Crippen molar-refractivity contribution < 1.29 is 4.79 Å². The van der Waals surface area contributed by atoms with Gasteiger partial charge in [-0.1, -0.05) is 76.2 Å². The number of nitrogens with one attached hydrogen (secondary N) is 1. The van der Waals surface area contributed by atoms with Gasteiger partial charge in [-0.15, -0.1) is 0 Å². The van der Waals surface area contributed by atoms with E-state index >= 15 is 0 Å². The Morgan fingerprint density at radius 1 is 0.893 bits per heavy atom. The van der Waals surface area contributed by atoms with Crippen LogP contribution >= 0.6 is 0 Å². The van der Waals surface area contributed by atoms with Crippen LogP contribution in [0.2, 0.25) is 0 Å². The number of nitrogens with zero attached hydrogens (tertiary/aromatic N) is 1. The molecule has 2 aromatic carbocycles. The standard InChI is InChI=1S/C21H24N2O.2C2H6/c1-16(24)22-12-15-23-13-10-21(11-14-23)19-8-4-2-6-17(19)18-7-3-5-9-20(18)21;2*1-2/h2-9H,10-15H2,1H3,(H,22,24);2*1-2H3. The Morgan fingerprint density at radius 2 is 1.36 bits per heavy atom. The van der Waals surface area contributed by atoms with Crippen LogP contribution in [-0.2, 0) is 10.2 Å². The molecule has 1 saturated heterocycles. The number of likely N-dealkylation sites (tertiary alicyclic amines) is 1. The van der Waals surface area contributed by atoms with Gasteiger partial charge in [0, 0.05) is 25.4 Å². The van der Waals surface area contributed by atoms with Crippen LogP contribution in [-0.4, -0.2) is 37.0 Å². The summed E-state index contributed by atoms with van der Waals surface area (Å²) in [6.07, 6.45) is 2.31. The normalized spacial score (nSPS) is 16.0. The van der Waals surface area contributed by atoms with E-state index in [1.807, 2.05) is 27.7 Å². The highest BCUT2D eigenvalue weighted by molar-refractivity contribution is 5.81. The first-order chi connectivity index (χ1) is 13.7. The van der Waals surface area contributed by atoms with Crippen LogP contribution in [0, 0.1) is 0 Å². The first kappa shape index (κ1) is 22.2. The van der Waals surface area contributed by atoms with Crippen LogP contribution in [0.15, 0.2) is 48.5 Å². The van der Waals surface area contributed by atoms with Gasteiger partial charge in [-0.3, -0.25) is 4.79 Å². The summed E-state index contributed by atoms with van der Waals surface area (Å²) in [4.78, 5) is 13.5. The average molecular weight is 381 g/mol. The fraction of sp³-hybridized carbons (Fsp3) is 0.480. The van der Waals surface area contributed by atoms with Gasteiger partial charge in [-0.05, 0) is 48.2 Å². The molecule has 152 valence electrons. The van der Waals surface area contributed by atoms with E-state index in [9.17, 15) is 4.79 Å². The van der Waals surface area contributed by atoms with Crippen molar-refractivity contribution in [3.05, 3.63) is 59.7 Å². The van der Waals surface area contributed by atoms with E-state index in [4.69, 9.17) is 0 Å². The van der Waals surface area contributed by atoms with E-state index in [0.717, 1.165) is 39.0 Å². The summed E-state index contributed by atoms with van der Waals surface area (Å²) in [5, 5.41) is 2.90. The molecule has 1 aliphatic heterocycles. The van der Waals surface area contributed by atoms with Gasteiger partial charge < -0.3 is 10.2 Å². The predicted molar refractivity (Wildman–Crippen MR) is 120 cm³/mol. The molecular formula is C25H36N2O. The number of carbonyl (C=O) groups is 1. The zero-order valence-corrected chi connectivity index (χ0v) is 18.2. The third-order valence-electron chi connectivity index (χ3n) is 5.69. The molecule has 2 aliphatic rings. The van der Waals surface area contributed by atoms with Crippen molar-refractivity contribution in [3.63, 3.8) is 0 Å². The van der Waals surface area contributed by atoms with Gasteiger partial charge in [0.25, 0.3) is 0 Å². The first-order valence-electron chi connectivity index (χ1n) is 10.9. The summed E-state index contributed by atoms with van der Waals surface area (Å²) in [5.41, 5.74) is 6.03. The van der Waals surface area contributed by atoms with Crippen molar-refractivity contribution in [3.8, 4) is 11.1 Å². The molecule has 0 unspecified atom stereocenters. The van der Waals surface area contributed by atoms with Crippen LogP contribution in [0.1, 0.15) is 58.6 Å². The van der Waals surface area contributed by atoms with Crippen LogP contribution in [0.25, 0.3) is 11.1 Å². The fourth-order valence-electron chi connectivity index (χ4n) is 4.50. The molecule has 2 aromatic rings. The van der Waals surface area contributed by atoms with Crippen molar-refractivity contribution in [1.82, 2.24) is 10.2 Å². The zero-order chi connectivity index (χ0) is 20.6. The molecule has 0 atom stereocenters. The van der Waals surface area contributed by atoms with Gasteiger partial charge in [0.1, 0.15) is 0 Å². The Kier molecular flexibility index (Phi) is 8.25. The van der Waals surface area contributed by atoms with Crippen LogP contribution < -0.4 is 5.32 Å². The lowest BCUT2D eigenvalue weighted by Crippen LogP contribution is -2.44. The quantitative estimate of drug-likeness (QED) is 0.790. The van der Waals surface area contributed by atoms with E-state index in [1.54, 1.807) is 6.92 Å². The summed E-state index contributed by atoms with van der Waals surface area (Å²) in [5.74, 6) is 0.0575. The molecule has 0 saturated carbocycles. The maximum absolute atomic E-state index is 11.0. The highest BCUT2D eigenvalue weighted by atomic mass is 16.1. The third-order valence-corrected chi connectivity index (χ3v) is 5.69. The van der Waals surface area contributed by atoms with Crippen LogP contribution in [0.3, 0.4) is 0 Å². The van der Waals surface area contributed by atoms with E-state index in [2.05, 4.69) is 58.7 Å². The Balaban J connectivity index is 0.000000660. The molecule has 1 aliphatic carbocycles. The zero-order valence-electron chi connectivity index (χ0n) is 18.2. The number of piperidine rings is 1. The average Bonchev–Trinajstić information content (AvgIpc) is 3.03. The van der Waals surface area contributed by atoms with E-state index in [1.165, 1.54) is 22.3 Å². The van der Waals surface area contributed by atoms with Crippen LogP contribution in [0.5, 0.6) is 0 Å². The van der Waals surface area contributed by atoms with Crippen molar-refractivity contribution >= 4 is 5.91 Å². The Labute approximate surface area is 171 Å². The van der Waals surface area contributed by atoms with Gasteiger partial charge >= 0.3 is 0 Å². The van der Waals surface area contributed by atoms with Gasteiger partial charge in [-0.2, -0.15) is 0 Å². The van der Waals surface area contributed by atoms with Crippen molar-refractivity contribution in [2.45, 2.75) is 52.9 Å². The Hall–Kier alpha value is -2.13. The highest BCUT2D eigenvalue weighted by Crippen LogP contribution is 2.53. The molecule has 3 nitrogen and oxygen atoms in total. The van der Waals surface area contributed by atoms with E-state index < -0.39 is 0 Å². The first-order valence-corrected chi connectivity index (χ1v) is 10.9. The molecule has 0 radical (unpaired) electrons. The second kappa shape index (κ2) is 10.4. The molecular weight excluding hydrogens is 344 g/mol. The van der Waals surface area contributed by atoms with Crippen molar-refractivity contribution in [2.75, 3.05) is 26.2 Å². The summed E-state index contributed by atoms with van der Waals surface area (Å²) in [6, 6.07) is 17.8. The summed E-state index contributed by atoms with van der Waals surface area (Å²) < 4.78 is 0. The lowest BCUT2D eigenvalue weighted by atomic mass is 9.71. The molecule has 1 N–H and O–H groups in total. The Morgan fingerprint density at radius 3 is 1.82 bits per heavy atom. The topological polar surface area (TPSA) is 32.3 Å². The number of rotatable bonds is 3. The molecule has 1 amide bonds. The van der Waals surface area contributed by atoms with E-state index in [-0.39, 0.29) is 11.3 Å². The van der Waals surface area contributed by atoms with E-state index in [0.29, 0.717) is 0 Å². The minimum Gasteiger partial charge on any atom is -0.355 e. The molecule has 1 heterocycles. The molecule has 28 heavy (non-hydrogen) atoms. The Bertz CT molecular complexity index is 713. The van der Waals surface area contributed by atoms with Crippen LogP contribution in [0.4, 0.5) is 0 Å². The summed E-state index contributed by atoms with van der Waals surface area (Å²) in [7, 11) is 0. The number of fused-ring (bicyclic) bond motifs is 5. The number of hydrogen-bond donors (Lipinski definition) is 1. The van der Waals surface area contributed by atoms with Gasteiger partial charge in [0.2, 0.25) is 5.91 Å². The monoisotopic (exact) mass is 380 g/mol. The largest absolute Gasteiger partial charge is 0.355 e. The second-order valence-electron chi connectivity index (χ2n) is 7.00. The van der Waals surface area contributed by atoms with Crippen molar-refractivity contribution in [1.29, 1.82) is 0 Å². The number of benzene rings is 2. The number of carbonyl (C=O) groups excluding carboxylic acids is 1. The van der Waals surface area contributed by atoms with Gasteiger partial charge in [0.15, 0.2) is 0 Å². The maximum Gasteiger partial charge on any atom is 0.216 e. The maximum atomic E-state index is 11.0. The lowest BCUT2D eigenvalue weighted by molar-refractivity contribution is -0.119. The summed E-state index contributed by atoms with van der Waals surface area (Å²) in [6.45, 7) is 13.4.